The highest BCUT2D eigenvalue weighted by atomic mass is 16.7. The molecular weight excluding hydrogens is 142 g/mol. The Balaban J connectivity index is 2.04. The van der Waals surface area contributed by atoms with Crippen LogP contribution >= 0.6 is 0 Å². The van der Waals surface area contributed by atoms with Gasteiger partial charge in [-0.25, -0.2) is 0 Å². The highest BCUT2D eigenvalue weighted by molar-refractivity contribution is 4.59. The fourth-order valence-corrected chi connectivity index (χ4v) is 0.776. The lowest BCUT2D eigenvalue weighted by Crippen LogP contribution is -2.13. The van der Waals surface area contributed by atoms with E-state index in [2.05, 4.69) is 17.2 Å². The van der Waals surface area contributed by atoms with E-state index >= 15 is 0 Å². The average molecular weight is 155 g/mol. The van der Waals surface area contributed by atoms with Gasteiger partial charge in [0.15, 0.2) is 0 Å². The van der Waals surface area contributed by atoms with Crippen molar-refractivity contribution in [1.82, 2.24) is 15.2 Å². The van der Waals surface area contributed by atoms with Crippen molar-refractivity contribution < 1.29 is 4.84 Å². The van der Waals surface area contributed by atoms with E-state index in [4.69, 9.17) is 4.84 Å². The van der Waals surface area contributed by atoms with Gasteiger partial charge in [-0.05, 0) is 11.6 Å². The van der Waals surface area contributed by atoms with Crippen molar-refractivity contribution in [3.63, 3.8) is 0 Å². The molecule has 0 atom stereocenters. The Labute approximate surface area is 66.1 Å². The summed E-state index contributed by atoms with van der Waals surface area (Å²) < 4.78 is 0. The topological polar surface area (TPSA) is 39.9 Å². The molecule has 4 nitrogen and oxygen atoms in total. The van der Waals surface area contributed by atoms with Gasteiger partial charge in [0, 0.05) is 0 Å². The van der Waals surface area contributed by atoms with Crippen LogP contribution in [0.15, 0.2) is 12.4 Å². The second kappa shape index (κ2) is 4.71. The first kappa shape index (κ1) is 8.04. The first-order valence-electron chi connectivity index (χ1n) is 3.93. The molecule has 0 radical (unpaired) electrons. The minimum atomic E-state index is 0.719. The molecule has 4 heteroatoms. The molecule has 0 unspecified atom stereocenters. The summed E-state index contributed by atoms with van der Waals surface area (Å²) in [5.74, 6) is 0. The zero-order valence-corrected chi connectivity index (χ0v) is 6.73. The molecule has 0 aliphatic carbocycles. The molecule has 0 spiro atoms. The Morgan fingerprint density at radius 1 is 1.45 bits per heavy atom. The highest BCUT2D eigenvalue weighted by Gasteiger charge is 1.89. The lowest BCUT2D eigenvalue weighted by atomic mass is 10.3. The lowest BCUT2D eigenvalue weighted by Gasteiger charge is -2.01. The molecule has 0 fully saturated rings. The number of hydrogen-bond donors (Lipinski definition) is 0. The van der Waals surface area contributed by atoms with Crippen LogP contribution in [0.2, 0.25) is 0 Å². The predicted octanol–water partition coefficient (Wildman–Crippen LogP) is 0.897. The number of hydrogen-bond acceptors (Lipinski definition) is 3. The summed E-state index contributed by atoms with van der Waals surface area (Å²) in [6.07, 6.45) is 6.78. The Kier molecular flexibility index (Phi) is 3.44. The van der Waals surface area contributed by atoms with Crippen LogP contribution in [0.25, 0.3) is 0 Å². The maximum atomic E-state index is 5.19. The van der Waals surface area contributed by atoms with Gasteiger partial charge < -0.3 is 4.84 Å². The maximum absolute atomic E-state index is 5.19. The summed E-state index contributed by atoms with van der Waals surface area (Å²) in [5, 5.41) is 7.27. The van der Waals surface area contributed by atoms with Crippen molar-refractivity contribution in [2.24, 2.45) is 0 Å². The molecule has 0 aromatic carbocycles. The molecule has 0 aliphatic rings. The number of aromatic nitrogens is 3. The van der Waals surface area contributed by atoms with Gasteiger partial charge in [-0.2, -0.15) is 0 Å². The van der Waals surface area contributed by atoms with Gasteiger partial charge in [0.05, 0.1) is 12.4 Å². The van der Waals surface area contributed by atoms with Crippen molar-refractivity contribution in [2.45, 2.75) is 26.2 Å². The van der Waals surface area contributed by atoms with Crippen LogP contribution in [0, 0.1) is 0 Å². The average Bonchev–Trinajstić information content (AvgIpc) is 2.50. The lowest BCUT2D eigenvalue weighted by molar-refractivity contribution is 0.0755. The van der Waals surface area contributed by atoms with Crippen LogP contribution < -0.4 is 4.84 Å². The second-order valence-electron chi connectivity index (χ2n) is 2.35. The van der Waals surface area contributed by atoms with E-state index in [1.165, 1.54) is 17.7 Å². The van der Waals surface area contributed by atoms with Gasteiger partial charge in [0.25, 0.3) is 0 Å². The van der Waals surface area contributed by atoms with Crippen molar-refractivity contribution in [2.75, 3.05) is 6.61 Å². The van der Waals surface area contributed by atoms with E-state index in [1.807, 2.05) is 0 Å². The van der Waals surface area contributed by atoms with E-state index in [0.717, 1.165) is 13.0 Å². The third-order valence-corrected chi connectivity index (χ3v) is 1.37. The van der Waals surface area contributed by atoms with Gasteiger partial charge in [-0.1, -0.05) is 24.6 Å². The third kappa shape index (κ3) is 3.02. The van der Waals surface area contributed by atoms with Crippen molar-refractivity contribution >= 4 is 0 Å². The molecule has 1 aromatic heterocycles. The third-order valence-electron chi connectivity index (χ3n) is 1.37. The van der Waals surface area contributed by atoms with Crippen LogP contribution in [0.3, 0.4) is 0 Å². The van der Waals surface area contributed by atoms with Crippen LogP contribution in [0.5, 0.6) is 0 Å². The van der Waals surface area contributed by atoms with Crippen molar-refractivity contribution in [1.29, 1.82) is 0 Å². The number of nitrogens with zero attached hydrogens (tertiary/aromatic N) is 3. The SMILES string of the molecule is CCCCCOn1ccnn1. The fraction of sp³-hybridized carbons (Fsp3) is 0.714. The van der Waals surface area contributed by atoms with Crippen LogP contribution in [-0.4, -0.2) is 21.8 Å². The van der Waals surface area contributed by atoms with Gasteiger partial charge in [-0.3, -0.25) is 0 Å². The summed E-state index contributed by atoms with van der Waals surface area (Å²) in [4.78, 5) is 6.58. The zero-order chi connectivity index (χ0) is 7.94. The summed E-state index contributed by atoms with van der Waals surface area (Å²) in [6, 6.07) is 0. The second-order valence-corrected chi connectivity index (χ2v) is 2.35. The Bertz CT molecular complexity index is 174. The normalized spacial score (nSPS) is 9.91. The first-order chi connectivity index (χ1) is 5.43. The van der Waals surface area contributed by atoms with Gasteiger partial charge >= 0.3 is 0 Å². The van der Waals surface area contributed by atoms with Crippen LogP contribution in [0.1, 0.15) is 26.2 Å². The molecule has 0 aliphatic heterocycles. The van der Waals surface area contributed by atoms with Gasteiger partial charge in [0.2, 0.25) is 0 Å². The molecule has 1 heterocycles. The molecular formula is C7H13N3O. The predicted molar refractivity (Wildman–Crippen MR) is 41.0 cm³/mol. The molecule has 0 amide bonds. The molecule has 62 valence electrons. The van der Waals surface area contributed by atoms with Gasteiger partial charge in [0.1, 0.15) is 6.61 Å². The highest BCUT2D eigenvalue weighted by Crippen LogP contribution is 1.91. The van der Waals surface area contributed by atoms with E-state index in [1.54, 1.807) is 12.4 Å². The van der Waals surface area contributed by atoms with Crippen molar-refractivity contribution in [3.8, 4) is 0 Å². The van der Waals surface area contributed by atoms with Crippen LogP contribution in [-0.2, 0) is 0 Å². The minimum Gasteiger partial charge on any atom is -0.395 e. The fourth-order valence-electron chi connectivity index (χ4n) is 0.776. The summed E-state index contributed by atoms with van der Waals surface area (Å²) in [5.41, 5.74) is 0. The van der Waals surface area contributed by atoms with E-state index < -0.39 is 0 Å². The first-order valence-corrected chi connectivity index (χ1v) is 3.93. The Hall–Kier alpha value is -1.06. The minimum absolute atomic E-state index is 0.719. The molecule has 0 saturated heterocycles. The summed E-state index contributed by atoms with van der Waals surface area (Å²) in [6.45, 7) is 2.88. The zero-order valence-electron chi connectivity index (χ0n) is 6.73. The quantitative estimate of drug-likeness (QED) is 0.593. The molecule has 0 N–H and O–H groups in total. The molecule has 11 heavy (non-hydrogen) atoms. The largest absolute Gasteiger partial charge is 0.395 e. The number of unbranched alkanes of at least 4 members (excludes halogenated alkanes) is 2. The van der Waals surface area contributed by atoms with E-state index in [0.29, 0.717) is 0 Å². The van der Waals surface area contributed by atoms with E-state index in [9.17, 15) is 0 Å². The number of rotatable bonds is 5. The van der Waals surface area contributed by atoms with Gasteiger partial charge in [-0.15, -0.1) is 5.10 Å². The maximum Gasteiger partial charge on any atom is 0.117 e. The monoisotopic (exact) mass is 155 g/mol. The van der Waals surface area contributed by atoms with E-state index in [-0.39, 0.29) is 0 Å². The molecule has 1 rings (SSSR count). The smallest absolute Gasteiger partial charge is 0.117 e. The summed E-state index contributed by atoms with van der Waals surface area (Å²) >= 11 is 0. The molecule has 0 saturated carbocycles. The Morgan fingerprint density at radius 2 is 2.36 bits per heavy atom. The molecule has 0 bridgehead atoms. The molecule has 1 aromatic rings. The van der Waals surface area contributed by atoms with Crippen molar-refractivity contribution in [3.05, 3.63) is 12.4 Å². The standard InChI is InChI=1S/C7H13N3O/c1-2-3-4-7-11-10-6-5-8-9-10/h5-6H,2-4,7H2,1H3. The van der Waals surface area contributed by atoms with Crippen LogP contribution in [0.4, 0.5) is 0 Å². The summed E-state index contributed by atoms with van der Waals surface area (Å²) in [7, 11) is 0. The Morgan fingerprint density at radius 3 is 3.00 bits per heavy atom.